The maximum absolute atomic E-state index is 2.50. The number of aryl methyl sites for hydroxylation is 1. The second kappa shape index (κ2) is 15.3. The van der Waals surface area contributed by atoms with Crippen molar-refractivity contribution in [2.45, 2.75) is 6.92 Å². The predicted octanol–water partition coefficient (Wildman–Crippen LogP) is 16.4. The zero-order valence-electron chi connectivity index (χ0n) is 33.9. The van der Waals surface area contributed by atoms with Gasteiger partial charge in [0.15, 0.2) is 0 Å². The Hall–Kier alpha value is -7.94. The van der Waals surface area contributed by atoms with Crippen LogP contribution >= 0.6 is 0 Å². The first kappa shape index (κ1) is 36.2. The average molecular weight is 779 g/mol. The van der Waals surface area contributed by atoms with E-state index in [0.717, 1.165) is 33.8 Å². The van der Waals surface area contributed by atoms with Gasteiger partial charge in [-0.1, -0.05) is 194 Å². The molecular weight excluding hydrogens is 737 g/mol. The molecule has 0 bridgehead atoms. The molecule has 2 heteroatoms. The van der Waals surface area contributed by atoms with E-state index in [-0.39, 0.29) is 0 Å². The number of fused-ring (bicyclic) bond motifs is 4. The number of benzene rings is 10. The van der Waals surface area contributed by atoms with Crippen LogP contribution in [0.2, 0.25) is 0 Å². The lowest BCUT2D eigenvalue weighted by Crippen LogP contribution is -2.11. The molecule has 0 radical (unpaired) electrons. The Balaban J connectivity index is 1.18. The quantitative estimate of drug-likeness (QED) is 0.149. The van der Waals surface area contributed by atoms with Gasteiger partial charge in [-0.3, -0.25) is 0 Å². The van der Waals surface area contributed by atoms with Crippen LogP contribution in [0.3, 0.4) is 0 Å². The maximum atomic E-state index is 2.50. The Kier molecular flexibility index (Phi) is 9.09. The number of nitrogens with zero attached hydrogens (tertiary/aromatic N) is 2. The normalized spacial score (nSPS) is 11.4. The van der Waals surface area contributed by atoms with Gasteiger partial charge in [-0.2, -0.15) is 0 Å². The fourth-order valence-corrected chi connectivity index (χ4v) is 9.14. The van der Waals surface area contributed by atoms with Crippen molar-refractivity contribution in [3.05, 3.63) is 242 Å². The molecule has 0 N–H and O–H groups in total. The summed E-state index contributed by atoms with van der Waals surface area (Å²) in [6.07, 6.45) is 0. The molecule has 0 aliphatic carbocycles. The van der Waals surface area contributed by atoms with E-state index in [1.54, 1.807) is 0 Å². The lowest BCUT2D eigenvalue weighted by molar-refractivity contribution is 1.18. The molecule has 11 aromatic rings. The Labute approximate surface area is 356 Å². The van der Waals surface area contributed by atoms with Crippen LogP contribution in [-0.4, -0.2) is 4.57 Å². The van der Waals surface area contributed by atoms with Crippen LogP contribution < -0.4 is 4.90 Å². The summed E-state index contributed by atoms with van der Waals surface area (Å²) in [7, 11) is 0. The van der Waals surface area contributed by atoms with Crippen molar-refractivity contribution in [1.82, 2.24) is 4.57 Å². The Bertz CT molecular complexity index is 3360. The highest BCUT2D eigenvalue weighted by molar-refractivity contribution is 6.17. The van der Waals surface area contributed by atoms with Crippen molar-refractivity contribution >= 4 is 49.6 Å². The van der Waals surface area contributed by atoms with Gasteiger partial charge in [-0.15, -0.1) is 0 Å². The summed E-state index contributed by atoms with van der Waals surface area (Å²) in [5.41, 5.74) is 17.5. The van der Waals surface area contributed by atoms with E-state index >= 15 is 0 Å². The van der Waals surface area contributed by atoms with E-state index in [4.69, 9.17) is 0 Å². The number of hydrogen-bond donors (Lipinski definition) is 0. The molecule has 0 amide bonds. The fourth-order valence-electron chi connectivity index (χ4n) is 9.14. The van der Waals surface area contributed by atoms with Gasteiger partial charge >= 0.3 is 0 Å². The lowest BCUT2D eigenvalue weighted by Gasteiger charge is -2.29. The second-order valence-corrected chi connectivity index (χ2v) is 15.8. The molecule has 1 heterocycles. The molecule has 61 heavy (non-hydrogen) atoms. The summed E-state index contributed by atoms with van der Waals surface area (Å²) in [5, 5.41) is 4.87. The molecule has 0 saturated carbocycles. The molecular formula is C59H42N2. The number of anilines is 3. The van der Waals surface area contributed by atoms with Crippen molar-refractivity contribution in [3.63, 3.8) is 0 Å². The second-order valence-electron chi connectivity index (χ2n) is 15.8. The van der Waals surface area contributed by atoms with E-state index in [0.29, 0.717) is 0 Å². The number of para-hydroxylation sites is 2. The van der Waals surface area contributed by atoms with Gasteiger partial charge in [-0.25, -0.2) is 0 Å². The average Bonchev–Trinajstić information content (AvgIpc) is 3.67. The van der Waals surface area contributed by atoms with Gasteiger partial charge in [0, 0.05) is 27.6 Å². The van der Waals surface area contributed by atoms with Crippen molar-refractivity contribution in [1.29, 1.82) is 0 Å². The highest BCUT2D eigenvalue weighted by atomic mass is 15.2. The van der Waals surface area contributed by atoms with Crippen LogP contribution in [0.4, 0.5) is 17.1 Å². The van der Waals surface area contributed by atoms with Crippen LogP contribution in [0.1, 0.15) is 5.56 Å². The molecule has 0 fully saturated rings. The summed E-state index contributed by atoms with van der Waals surface area (Å²) >= 11 is 0. The highest BCUT2D eigenvalue weighted by Gasteiger charge is 2.24. The molecule has 288 valence electrons. The van der Waals surface area contributed by atoms with Crippen LogP contribution in [0.25, 0.3) is 82.8 Å². The van der Waals surface area contributed by atoms with Crippen LogP contribution in [0.15, 0.2) is 237 Å². The molecule has 2 nitrogen and oxygen atoms in total. The lowest BCUT2D eigenvalue weighted by atomic mass is 9.96. The minimum absolute atomic E-state index is 1.09. The minimum atomic E-state index is 1.09. The van der Waals surface area contributed by atoms with Crippen LogP contribution in [0, 0.1) is 6.92 Å². The van der Waals surface area contributed by atoms with Crippen molar-refractivity contribution in [3.8, 4) is 50.2 Å². The first-order chi connectivity index (χ1) is 30.2. The number of aromatic nitrogens is 1. The van der Waals surface area contributed by atoms with E-state index in [2.05, 4.69) is 253 Å². The zero-order valence-corrected chi connectivity index (χ0v) is 33.9. The molecule has 1 aromatic heterocycles. The number of hydrogen-bond acceptors (Lipinski definition) is 1. The standard InChI is InChI=1S/C59H42N2/c1-41-16-14-23-49(38-41)52-37-34-48(47-31-30-43-19-8-9-22-46(43)39-47)40-58(52)61-55-27-13-11-25-53(55)59-56(28-15-29-57(59)61)60(50-35-32-44(33-36-50)42-17-4-2-5-18-42)54-26-12-10-24-51(54)45-20-6-3-7-21-45/h2-40H,1H3. The molecule has 11 rings (SSSR count). The van der Waals surface area contributed by atoms with Gasteiger partial charge in [-0.05, 0) is 99.6 Å². The highest BCUT2D eigenvalue weighted by Crippen LogP contribution is 2.47. The van der Waals surface area contributed by atoms with Gasteiger partial charge in [0.2, 0.25) is 0 Å². The van der Waals surface area contributed by atoms with Gasteiger partial charge in [0.1, 0.15) is 0 Å². The Morgan fingerprint density at radius 1 is 0.344 bits per heavy atom. The Morgan fingerprint density at radius 3 is 1.75 bits per heavy atom. The fraction of sp³-hybridized carbons (Fsp3) is 0.0169. The molecule has 0 unspecified atom stereocenters. The van der Waals surface area contributed by atoms with Crippen molar-refractivity contribution in [2.24, 2.45) is 0 Å². The minimum Gasteiger partial charge on any atom is -0.309 e. The summed E-state index contributed by atoms with van der Waals surface area (Å²) in [6, 6.07) is 86.2. The summed E-state index contributed by atoms with van der Waals surface area (Å²) < 4.78 is 2.50. The van der Waals surface area contributed by atoms with Gasteiger partial charge in [0.05, 0.1) is 28.1 Å². The van der Waals surface area contributed by atoms with E-state index in [1.165, 1.54) is 71.6 Å². The van der Waals surface area contributed by atoms with E-state index in [1.807, 2.05) is 0 Å². The molecule has 0 aliphatic rings. The largest absolute Gasteiger partial charge is 0.309 e. The summed E-state index contributed by atoms with van der Waals surface area (Å²) in [4.78, 5) is 2.46. The molecule has 0 saturated heterocycles. The van der Waals surface area contributed by atoms with Crippen LogP contribution in [-0.2, 0) is 0 Å². The smallest absolute Gasteiger partial charge is 0.0562 e. The van der Waals surface area contributed by atoms with Crippen molar-refractivity contribution < 1.29 is 0 Å². The maximum Gasteiger partial charge on any atom is 0.0562 e. The first-order valence-electron chi connectivity index (χ1n) is 21.0. The SMILES string of the molecule is Cc1cccc(-c2ccc(-c3ccc4ccccc4c3)cc2-n2c3ccccc3c3c(N(c4ccc(-c5ccccc5)cc4)c4ccccc4-c4ccccc4)cccc32)c1. The first-order valence-corrected chi connectivity index (χ1v) is 21.0. The topological polar surface area (TPSA) is 8.17 Å². The number of rotatable bonds is 8. The van der Waals surface area contributed by atoms with E-state index < -0.39 is 0 Å². The zero-order chi connectivity index (χ0) is 40.7. The van der Waals surface area contributed by atoms with Crippen molar-refractivity contribution in [2.75, 3.05) is 4.90 Å². The summed E-state index contributed by atoms with van der Waals surface area (Å²) in [5.74, 6) is 0. The summed E-state index contributed by atoms with van der Waals surface area (Å²) in [6.45, 7) is 2.17. The third-order valence-corrected chi connectivity index (χ3v) is 12.0. The van der Waals surface area contributed by atoms with E-state index in [9.17, 15) is 0 Å². The van der Waals surface area contributed by atoms with Gasteiger partial charge in [0.25, 0.3) is 0 Å². The molecule has 0 aliphatic heterocycles. The van der Waals surface area contributed by atoms with Crippen LogP contribution in [0.5, 0.6) is 0 Å². The third kappa shape index (κ3) is 6.56. The monoisotopic (exact) mass is 778 g/mol. The molecule has 0 spiro atoms. The third-order valence-electron chi connectivity index (χ3n) is 12.0. The van der Waals surface area contributed by atoms with Gasteiger partial charge < -0.3 is 9.47 Å². The molecule has 0 atom stereocenters. The Morgan fingerprint density at radius 2 is 0.934 bits per heavy atom. The predicted molar refractivity (Wildman–Crippen MR) is 259 cm³/mol. The molecule has 10 aromatic carbocycles.